The van der Waals surface area contributed by atoms with E-state index in [1.54, 1.807) is 6.07 Å². The normalized spacial score (nSPS) is 14.9. The maximum atomic E-state index is 8.94. The van der Waals surface area contributed by atoms with Crippen LogP contribution in [0.25, 0.3) is 0 Å². The highest BCUT2D eigenvalue weighted by Gasteiger charge is 2.18. The molecule has 0 atom stereocenters. The van der Waals surface area contributed by atoms with E-state index in [9.17, 15) is 0 Å². The van der Waals surface area contributed by atoms with Gasteiger partial charge in [-0.2, -0.15) is 5.26 Å². The van der Waals surface area contributed by atoms with Gasteiger partial charge in [-0.05, 0) is 36.8 Å². The van der Waals surface area contributed by atoms with Gasteiger partial charge in [0.15, 0.2) is 0 Å². The Morgan fingerprint density at radius 1 is 1.00 bits per heavy atom. The summed E-state index contributed by atoms with van der Waals surface area (Å²) in [5.41, 5.74) is 3.06. The first kappa shape index (κ1) is 13.4. The van der Waals surface area contributed by atoms with Crippen LogP contribution < -0.4 is 9.80 Å². The van der Waals surface area contributed by atoms with E-state index in [2.05, 4.69) is 52.0 Å². The third kappa shape index (κ3) is 2.97. The van der Waals surface area contributed by atoms with E-state index in [-0.39, 0.29) is 0 Å². The molecule has 1 fully saturated rings. The van der Waals surface area contributed by atoms with Crippen molar-refractivity contribution in [2.75, 3.05) is 36.0 Å². The van der Waals surface area contributed by atoms with Gasteiger partial charge in [0.05, 0.1) is 0 Å². The van der Waals surface area contributed by atoms with Gasteiger partial charge < -0.3 is 9.80 Å². The Hall–Kier alpha value is -2.54. The van der Waals surface area contributed by atoms with E-state index in [0.29, 0.717) is 5.69 Å². The number of hydrogen-bond acceptors (Lipinski definition) is 4. The number of aryl methyl sites for hydroxylation is 1. The second-order valence-corrected chi connectivity index (χ2v) is 5.31. The summed E-state index contributed by atoms with van der Waals surface area (Å²) in [4.78, 5) is 9.02. The molecular formula is C17H18N4. The lowest BCUT2D eigenvalue weighted by atomic mass is 10.2. The smallest absolute Gasteiger partial charge is 0.142 e. The highest BCUT2D eigenvalue weighted by Crippen LogP contribution is 2.20. The standard InChI is InChI=1S/C17H18N4/c1-14-4-2-6-16(12-14)20-8-10-21(11-9-20)17-7-3-5-15(13-18)19-17/h2-7,12H,8-11H2,1H3. The lowest BCUT2D eigenvalue weighted by Gasteiger charge is -2.36. The van der Waals surface area contributed by atoms with Crippen molar-refractivity contribution in [1.29, 1.82) is 5.26 Å². The van der Waals surface area contributed by atoms with E-state index in [4.69, 9.17) is 5.26 Å². The number of piperazine rings is 1. The number of benzene rings is 1. The Morgan fingerprint density at radius 2 is 1.71 bits per heavy atom. The van der Waals surface area contributed by atoms with Gasteiger partial charge in [-0.3, -0.25) is 0 Å². The Bertz CT molecular complexity index is 666. The van der Waals surface area contributed by atoms with Crippen molar-refractivity contribution in [3.8, 4) is 6.07 Å². The fourth-order valence-electron chi connectivity index (χ4n) is 2.68. The second kappa shape index (κ2) is 5.84. The summed E-state index contributed by atoms with van der Waals surface area (Å²) in [5, 5.41) is 8.94. The molecule has 4 nitrogen and oxygen atoms in total. The molecule has 1 saturated heterocycles. The summed E-state index contributed by atoms with van der Waals surface area (Å²) in [6, 6.07) is 16.3. The summed E-state index contributed by atoms with van der Waals surface area (Å²) < 4.78 is 0. The summed E-state index contributed by atoms with van der Waals surface area (Å²) in [7, 11) is 0. The molecule has 106 valence electrons. The highest BCUT2D eigenvalue weighted by molar-refractivity contribution is 5.51. The van der Waals surface area contributed by atoms with Gasteiger partial charge in [0.2, 0.25) is 0 Å². The first-order chi connectivity index (χ1) is 10.3. The van der Waals surface area contributed by atoms with E-state index in [0.717, 1.165) is 32.0 Å². The number of pyridine rings is 1. The first-order valence-electron chi connectivity index (χ1n) is 7.20. The molecular weight excluding hydrogens is 260 g/mol. The van der Waals surface area contributed by atoms with Crippen molar-refractivity contribution in [2.45, 2.75) is 6.92 Å². The van der Waals surface area contributed by atoms with E-state index in [1.807, 2.05) is 12.1 Å². The zero-order valence-electron chi connectivity index (χ0n) is 12.2. The molecule has 1 aromatic heterocycles. The fourth-order valence-corrected chi connectivity index (χ4v) is 2.68. The van der Waals surface area contributed by atoms with Crippen molar-refractivity contribution >= 4 is 11.5 Å². The van der Waals surface area contributed by atoms with E-state index >= 15 is 0 Å². The van der Waals surface area contributed by atoms with Crippen LogP contribution in [0.3, 0.4) is 0 Å². The molecule has 21 heavy (non-hydrogen) atoms. The number of rotatable bonds is 2. The average molecular weight is 278 g/mol. The van der Waals surface area contributed by atoms with Crippen molar-refractivity contribution in [3.63, 3.8) is 0 Å². The molecule has 0 spiro atoms. The third-order valence-electron chi connectivity index (χ3n) is 3.82. The van der Waals surface area contributed by atoms with E-state index in [1.165, 1.54) is 11.3 Å². The molecule has 0 aliphatic carbocycles. The zero-order valence-corrected chi connectivity index (χ0v) is 12.2. The summed E-state index contributed by atoms with van der Waals surface area (Å²) in [5.74, 6) is 0.901. The molecule has 1 aromatic carbocycles. The molecule has 0 bridgehead atoms. The van der Waals surface area contributed by atoms with Gasteiger partial charge in [-0.1, -0.05) is 18.2 Å². The summed E-state index contributed by atoms with van der Waals surface area (Å²) >= 11 is 0. The predicted octanol–water partition coefficient (Wildman–Crippen LogP) is 2.59. The second-order valence-electron chi connectivity index (χ2n) is 5.31. The van der Waals surface area contributed by atoms with E-state index < -0.39 is 0 Å². The predicted molar refractivity (Wildman–Crippen MR) is 84.6 cm³/mol. The van der Waals surface area contributed by atoms with Crippen LogP contribution in [0.5, 0.6) is 0 Å². The zero-order chi connectivity index (χ0) is 14.7. The molecule has 1 aliphatic rings. The maximum absolute atomic E-state index is 8.94. The molecule has 0 unspecified atom stereocenters. The summed E-state index contributed by atoms with van der Waals surface area (Å²) in [6.07, 6.45) is 0. The average Bonchev–Trinajstić information content (AvgIpc) is 2.55. The molecule has 3 rings (SSSR count). The SMILES string of the molecule is Cc1cccc(N2CCN(c3cccc(C#N)n3)CC2)c1. The lowest BCUT2D eigenvalue weighted by molar-refractivity contribution is 0.647. The minimum atomic E-state index is 0.480. The Labute approximate surface area is 125 Å². The van der Waals surface area contributed by atoms with Crippen LogP contribution in [0.15, 0.2) is 42.5 Å². The fraction of sp³-hybridized carbons (Fsp3) is 0.294. The minimum Gasteiger partial charge on any atom is -0.368 e. The topological polar surface area (TPSA) is 43.2 Å². The molecule has 0 amide bonds. The Balaban J connectivity index is 1.69. The molecule has 0 N–H and O–H groups in total. The minimum absolute atomic E-state index is 0.480. The van der Waals surface area contributed by atoms with Crippen molar-refractivity contribution in [2.24, 2.45) is 0 Å². The monoisotopic (exact) mass is 278 g/mol. The maximum Gasteiger partial charge on any atom is 0.142 e. The largest absolute Gasteiger partial charge is 0.368 e. The van der Waals surface area contributed by atoms with Crippen LogP contribution in [0.1, 0.15) is 11.3 Å². The van der Waals surface area contributed by atoms with Crippen LogP contribution in [0.4, 0.5) is 11.5 Å². The molecule has 0 saturated carbocycles. The lowest BCUT2D eigenvalue weighted by Crippen LogP contribution is -2.46. The number of anilines is 2. The van der Waals surface area contributed by atoms with Gasteiger partial charge in [-0.25, -0.2) is 4.98 Å². The van der Waals surface area contributed by atoms with Crippen molar-refractivity contribution < 1.29 is 0 Å². The van der Waals surface area contributed by atoms with Crippen LogP contribution in [0.2, 0.25) is 0 Å². The van der Waals surface area contributed by atoms with Crippen molar-refractivity contribution in [1.82, 2.24) is 4.98 Å². The van der Waals surface area contributed by atoms with Crippen LogP contribution in [-0.4, -0.2) is 31.2 Å². The van der Waals surface area contributed by atoms with Gasteiger partial charge in [0.25, 0.3) is 0 Å². The van der Waals surface area contributed by atoms with Gasteiger partial charge in [-0.15, -0.1) is 0 Å². The van der Waals surface area contributed by atoms with Crippen molar-refractivity contribution in [3.05, 3.63) is 53.7 Å². The molecule has 2 aromatic rings. The highest BCUT2D eigenvalue weighted by atomic mass is 15.3. The summed E-state index contributed by atoms with van der Waals surface area (Å²) in [6.45, 7) is 5.92. The number of nitrogens with zero attached hydrogens (tertiary/aromatic N) is 4. The van der Waals surface area contributed by atoms with Gasteiger partial charge in [0.1, 0.15) is 17.6 Å². The van der Waals surface area contributed by atoms with Crippen LogP contribution in [0, 0.1) is 18.3 Å². The van der Waals surface area contributed by atoms with Crippen LogP contribution >= 0.6 is 0 Å². The number of hydrogen-bond donors (Lipinski definition) is 0. The first-order valence-corrected chi connectivity index (χ1v) is 7.20. The third-order valence-corrected chi connectivity index (χ3v) is 3.82. The van der Waals surface area contributed by atoms with Gasteiger partial charge in [0, 0.05) is 31.9 Å². The molecule has 1 aliphatic heterocycles. The number of nitriles is 1. The Kier molecular flexibility index (Phi) is 3.74. The molecule has 4 heteroatoms. The van der Waals surface area contributed by atoms with Crippen LogP contribution in [-0.2, 0) is 0 Å². The Morgan fingerprint density at radius 3 is 2.43 bits per heavy atom. The van der Waals surface area contributed by atoms with Gasteiger partial charge >= 0.3 is 0 Å². The number of aromatic nitrogens is 1. The quantitative estimate of drug-likeness (QED) is 0.847. The molecule has 2 heterocycles. The molecule has 0 radical (unpaired) electrons.